The average molecular weight is 264 g/mol. The van der Waals surface area contributed by atoms with E-state index < -0.39 is 6.10 Å². The fraction of sp³-hybridized carbons (Fsp3) is 0.600. The zero-order valence-electron chi connectivity index (χ0n) is 11.6. The number of nitrogens with two attached hydrogens (primary N) is 1. The van der Waals surface area contributed by atoms with Crippen molar-refractivity contribution in [1.29, 1.82) is 0 Å². The molecule has 0 radical (unpaired) electrons. The minimum atomic E-state index is -0.443. The van der Waals surface area contributed by atoms with Crippen LogP contribution in [0.2, 0.25) is 0 Å². The van der Waals surface area contributed by atoms with Crippen LogP contribution in [-0.4, -0.2) is 41.8 Å². The molecule has 1 fully saturated rings. The Balaban J connectivity index is 1.77. The van der Waals surface area contributed by atoms with Crippen molar-refractivity contribution in [1.82, 2.24) is 4.90 Å². The molecule has 3 N–H and O–H groups in total. The van der Waals surface area contributed by atoms with Gasteiger partial charge in [-0.2, -0.15) is 0 Å². The third-order valence-electron chi connectivity index (χ3n) is 3.49. The molecular formula is C15H24N2O2. The fourth-order valence-electron chi connectivity index (χ4n) is 2.25. The van der Waals surface area contributed by atoms with E-state index in [1.54, 1.807) is 0 Å². The van der Waals surface area contributed by atoms with Crippen LogP contribution in [0.5, 0.6) is 5.75 Å². The van der Waals surface area contributed by atoms with Gasteiger partial charge in [-0.05, 0) is 37.1 Å². The lowest BCUT2D eigenvalue weighted by molar-refractivity contribution is 0.0672. The van der Waals surface area contributed by atoms with Crippen molar-refractivity contribution in [2.45, 2.75) is 38.5 Å². The molecular weight excluding hydrogens is 240 g/mol. The van der Waals surface area contributed by atoms with Gasteiger partial charge in [-0.25, -0.2) is 0 Å². The van der Waals surface area contributed by atoms with Gasteiger partial charge in [0.2, 0.25) is 0 Å². The first-order chi connectivity index (χ1) is 9.22. The number of aliphatic hydroxyl groups excluding tert-OH is 1. The number of nitrogens with zero attached hydrogens (tertiary/aromatic N) is 1. The fourth-order valence-corrected chi connectivity index (χ4v) is 2.25. The second-order valence-electron chi connectivity index (χ2n) is 5.14. The average Bonchev–Trinajstić information content (AvgIpc) is 3.27. The topological polar surface area (TPSA) is 58.7 Å². The quantitative estimate of drug-likeness (QED) is 0.744. The molecule has 0 spiro atoms. The first kappa shape index (κ1) is 14.3. The van der Waals surface area contributed by atoms with Crippen LogP contribution in [0.25, 0.3) is 0 Å². The monoisotopic (exact) mass is 264 g/mol. The van der Waals surface area contributed by atoms with Crippen molar-refractivity contribution >= 4 is 0 Å². The van der Waals surface area contributed by atoms with Gasteiger partial charge in [-0.1, -0.05) is 19.1 Å². The van der Waals surface area contributed by atoms with Gasteiger partial charge in [0.25, 0.3) is 0 Å². The number of aliphatic hydroxyl groups is 1. The molecule has 0 aliphatic heterocycles. The van der Waals surface area contributed by atoms with Gasteiger partial charge in [-0.15, -0.1) is 0 Å². The van der Waals surface area contributed by atoms with Crippen LogP contribution in [0.3, 0.4) is 0 Å². The lowest BCUT2D eigenvalue weighted by Crippen LogP contribution is -2.36. The Hall–Kier alpha value is -1.10. The Labute approximate surface area is 115 Å². The molecule has 0 saturated heterocycles. The summed E-state index contributed by atoms with van der Waals surface area (Å²) in [5.41, 5.74) is 6.63. The van der Waals surface area contributed by atoms with Crippen LogP contribution in [0.4, 0.5) is 0 Å². The minimum absolute atomic E-state index is 0.331. The third kappa shape index (κ3) is 4.49. The van der Waals surface area contributed by atoms with Gasteiger partial charge in [0.15, 0.2) is 0 Å². The van der Waals surface area contributed by atoms with Gasteiger partial charge in [-0.3, -0.25) is 4.90 Å². The molecule has 1 atom stereocenters. The molecule has 1 aromatic carbocycles. The molecule has 0 aromatic heterocycles. The van der Waals surface area contributed by atoms with E-state index in [1.807, 2.05) is 24.3 Å². The van der Waals surface area contributed by atoms with E-state index in [1.165, 1.54) is 12.8 Å². The minimum Gasteiger partial charge on any atom is -0.491 e. The van der Waals surface area contributed by atoms with Crippen molar-refractivity contribution in [2.75, 3.05) is 19.7 Å². The predicted molar refractivity (Wildman–Crippen MR) is 76.1 cm³/mol. The smallest absolute Gasteiger partial charge is 0.119 e. The van der Waals surface area contributed by atoms with Gasteiger partial charge in [0.1, 0.15) is 18.5 Å². The highest BCUT2D eigenvalue weighted by Crippen LogP contribution is 2.26. The number of hydrogen-bond acceptors (Lipinski definition) is 4. The molecule has 1 aliphatic carbocycles. The molecule has 106 valence electrons. The maximum absolute atomic E-state index is 10.0. The van der Waals surface area contributed by atoms with E-state index >= 15 is 0 Å². The summed E-state index contributed by atoms with van der Waals surface area (Å²) in [5.74, 6) is 0.775. The van der Waals surface area contributed by atoms with Crippen LogP contribution >= 0.6 is 0 Å². The summed E-state index contributed by atoms with van der Waals surface area (Å²) in [5, 5.41) is 10.0. The second kappa shape index (κ2) is 6.89. The van der Waals surface area contributed by atoms with Crippen LogP contribution < -0.4 is 10.5 Å². The SMILES string of the molecule is CCN(CC(O)COc1cccc(CN)c1)C1CC1. The Morgan fingerprint density at radius 3 is 2.89 bits per heavy atom. The van der Waals surface area contributed by atoms with Crippen LogP contribution in [-0.2, 0) is 6.54 Å². The van der Waals surface area contributed by atoms with Crippen molar-refractivity contribution in [3.63, 3.8) is 0 Å². The molecule has 1 saturated carbocycles. The molecule has 2 rings (SSSR count). The van der Waals surface area contributed by atoms with Crippen molar-refractivity contribution in [3.05, 3.63) is 29.8 Å². The summed E-state index contributed by atoms with van der Waals surface area (Å²) in [6, 6.07) is 8.39. The van der Waals surface area contributed by atoms with Crippen LogP contribution in [0.15, 0.2) is 24.3 Å². The van der Waals surface area contributed by atoms with Crippen molar-refractivity contribution in [3.8, 4) is 5.75 Å². The zero-order chi connectivity index (χ0) is 13.7. The van der Waals surface area contributed by atoms with Crippen LogP contribution in [0.1, 0.15) is 25.3 Å². The Morgan fingerprint density at radius 1 is 1.47 bits per heavy atom. The summed E-state index contributed by atoms with van der Waals surface area (Å²) in [4.78, 5) is 2.32. The maximum Gasteiger partial charge on any atom is 0.119 e. The largest absolute Gasteiger partial charge is 0.491 e. The molecule has 4 heteroatoms. The van der Waals surface area contributed by atoms with Crippen molar-refractivity contribution in [2.24, 2.45) is 5.73 Å². The summed E-state index contributed by atoms with van der Waals surface area (Å²) in [7, 11) is 0. The standard InChI is InChI=1S/C15H24N2O2/c1-2-17(13-6-7-13)10-14(18)11-19-15-5-3-4-12(8-15)9-16/h3-5,8,13-14,18H,2,6-7,9-11,16H2,1H3. The Bertz CT molecular complexity index is 393. The normalized spacial score (nSPS) is 16.6. The summed E-state index contributed by atoms with van der Waals surface area (Å²) in [6.07, 6.45) is 2.09. The Morgan fingerprint density at radius 2 is 2.26 bits per heavy atom. The highest BCUT2D eigenvalue weighted by atomic mass is 16.5. The number of benzene rings is 1. The zero-order valence-corrected chi connectivity index (χ0v) is 11.6. The van der Waals surface area contributed by atoms with E-state index in [-0.39, 0.29) is 0 Å². The van der Waals surface area contributed by atoms with E-state index in [4.69, 9.17) is 10.5 Å². The number of hydrogen-bond donors (Lipinski definition) is 2. The molecule has 0 amide bonds. The van der Waals surface area contributed by atoms with E-state index in [0.29, 0.717) is 25.7 Å². The van der Waals surface area contributed by atoms with Gasteiger partial charge < -0.3 is 15.6 Å². The Kier molecular flexibility index (Phi) is 5.19. The second-order valence-corrected chi connectivity index (χ2v) is 5.14. The molecule has 1 unspecified atom stereocenters. The van der Waals surface area contributed by atoms with Gasteiger partial charge in [0.05, 0.1) is 0 Å². The summed E-state index contributed by atoms with van der Waals surface area (Å²) in [6.45, 7) is 4.65. The molecule has 1 aliphatic rings. The van der Waals surface area contributed by atoms with E-state index in [0.717, 1.165) is 17.9 Å². The van der Waals surface area contributed by atoms with Gasteiger partial charge in [0, 0.05) is 19.1 Å². The van der Waals surface area contributed by atoms with Gasteiger partial charge >= 0.3 is 0 Å². The molecule has 0 heterocycles. The molecule has 1 aromatic rings. The highest BCUT2D eigenvalue weighted by molar-refractivity contribution is 5.28. The lowest BCUT2D eigenvalue weighted by Gasteiger charge is -2.23. The van der Waals surface area contributed by atoms with E-state index in [2.05, 4.69) is 11.8 Å². The first-order valence-electron chi connectivity index (χ1n) is 7.06. The molecule has 0 bridgehead atoms. The summed E-state index contributed by atoms with van der Waals surface area (Å²) >= 11 is 0. The predicted octanol–water partition coefficient (Wildman–Crippen LogP) is 1.37. The van der Waals surface area contributed by atoms with Crippen molar-refractivity contribution < 1.29 is 9.84 Å². The number of rotatable bonds is 8. The highest BCUT2D eigenvalue weighted by Gasteiger charge is 2.28. The third-order valence-corrected chi connectivity index (χ3v) is 3.49. The molecule has 19 heavy (non-hydrogen) atoms. The molecule has 4 nitrogen and oxygen atoms in total. The first-order valence-corrected chi connectivity index (χ1v) is 7.06. The maximum atomic E-state index is 10.0. The van der Waals surface area contributed by atoms with E-state index in [9.17, 15) is 5.11 Å². The lowest BCUT2D eigenvalue weighted by atomic mass is 10.2. The van der Waals surface area contributed by atoms with Crippen LogP contribution in [0, 0.1) is 0 Å². The number of ether oxygens (including phenoxy) is 1. The summed E-state index contributed by atoms with van der Waals surface area (Å²) < 4.78 is 5.62. The number of likely N-dealkylation sites (N-methyl/N-ethyl adjacent to an activating group) is 1.